The number of rotatable bonds is 7. The van der Waals surface area contributed by atoms with Crippen molar-refractivity contribution in [3.05, 3.63) is 72.6 Å². The van der Waals surface area contributed by atoms with Crippen molar-refractivity contribution in [3.8, 4) is 22.5 Å². The number of aliphatic hydroxyl groups excluding tert-OH is 4. The summed E-state index contributed by atoms with van der Waals surface area (Å²) in [6, 6.07) is 10.4. The maximum absolute atomic E-state index is 13.7. The van der Waals surface area contributed by atoms with Gasteiger partial charge in [-0.15, -0.1) is 22.0 Å². The van der Waals surface area contributed by atoms with Crippen LogP contribution >= 0.6 is 11.8 Å². The number of halogens is 2. The zero-order chi connectivity index (χ0) is 29.4. The molecule has 1 saturated heterocycles. The van der Waals surface area contributed by atoms with Gasteiger partial charge in [0.25, 0.3) is 0 Å². The molecule has 8 atom stereocenters. The van der Waals surface area contributed by atoms with Gasteiger partial charge >= 0.3 is 0 Å². The smallest absolute Gasteiger partial charge is 0.132 e. The van der Waals surface area contributed by atoms with Crippen LogP contribution in [0.1, 0.15) is 31.3 Å². The topological polar surface area (TPSA) is 152 Å². The number of hydrogen-bond acceptors (Lipinski definition) is 10. The van der Waals surface area contributed by atoms with E-state index in [1.54, 1.807) is 35.1 Å². The molecule has 11 nitrogen and oxygen atoms in total. The first kappa shape index (κ1) is 28.8. The van der Waals surface area contributed by atoms with Crippen LogP contribution in [0.4, 0.5) is 8.78 Å². The van der Waals surface area contributed by atoms with Gasteiger partial charge in [-0.3, -0.25) is 0 Å². The van der Waals surface area contributed by atoms with E-state index in [2.05, 4.69) is 20.6 Å². The van der Waals surface area contributed by atoms with E-state index in [0.717, 1.165) is 6.42 Å². The normalized spacial score (nSPS) is 30.0. The van der Waals surface area contributed by atoms with E-state index in [4.69, 9.17) is 4.74 Å². The van der Waals surface area contributed by atoms with E-state index in [9.17, 15) is 29.2 Å². The molecule has 1 aliphatic heterocycles. The Balaban J connectivity index is 1.19. The monoisotopic (exact) mass is 600 g/mol. The molecule has 0 spiro atoms. The number of aromatic nitrogens is 6. The van der Waals surface area contributed by atoms with E-state index in [-0.39, 0.29) is 11.1 Å². The molecular formula is C28H30F2N6O5S. The average Bonchev–Trinajstić information content (AvgIpc) is 3.67. The molecule has 4 aromatic rings. The molecule has 0 bridgehead atoms. The summed E-state index contributed by atoms with van der Waals surface area (Å²) in [7, 11) is 0. The number of thioether (sulfide) groups is 1. The third-order valence-corrected chi connectivity index (χ3v) is 9.35. The van der Waals surface area contributed by atoms with Crippen LogP contribution in [0.25, 0.3) is 22.5 Å². The molecule has 0 amide bonds. The molecule has 2 aromatic heterocycles. The van der Waals surface area contributed by atoms with Crippen molar-refractivity contribution >= 4 is 11.8 Å². The average molecular weight is 601 g/mol. The standard InChI is InChI=1S/C28H30F2N6O5S/c29-17-6-1-4-15(10-17)19-12-35(33-31-19)21-8-3-9-23(25(21)38)42-28-27(40)24(26(39)22(14-37)41-28)36-13-20(32-34-36)16-5-2-7-18(30)11-16/h1-2,4-7,10-13,21-28,37-40H,3,8-9,14H2/t21?,22?,23-,24+,25?,26+,27?,28+/m1/s1. The molecule has 4 unspecified atom stereocenters. The van der Waals surface area contributed by atoms with Gasteiger partial charge in [-0.2, -0.15) is 0 Å². The summed E-state index contributed by atoms with van der Waals surface area (Å²) >= 11 is 1.22. The van der Waals surface area contributed by atoms with E-state index in [1.165, 1.54) is 46.9 Å². The molecule has 222 valence electrons. The van der Waals surface area contributed by atoms with Gasteiger partial charge in [0.2, 0.25) is 0 Å². The van der Waals surface area contributed by atoms with Gasteiger partial charge in [0.1, 0.15) is 52.8 Å². The largest absolute Gasteiger partial charge is 0.394 e. The van der Waals surface area contributed by atoms with Crippen LogP contribution in [0.5, 0.6) is 0 Å². The second-order valence-corrected chi connectivity index (χ2v) is 11.9. The lowest BCUT2D eigenvalue weighted by Crippen LogP contribution is -2.55. The Kier molecular flexibility index (Phi) is 8.34. The summed E-state index contributed by atoms with van der Waals surface area (Å²) in [5, 5.41) is 59.8. The third kappa shape index (κ3) is 5.70. The van der Waals surface area contributed by atoms with Crippen LogP contribution in [-0.4, -0.2) is 92.1 Å². The van der Waals surface area contributed by atoms with Crippen LogP contribution in [0, 0.1) is 11.6 Å². The first-order chi connectivity index (χ1) is 20.3. The van der Waals surface area contributed by atoms with E-state index in [1.807, 2.05) is 0 Å². The highest BCUT2D eigenvalue weighted by atomic mass is 32.2. The second kappa shape index (κ2) is 12.1. The molecule has 2 aromatic carbocycles. The fourth-order valence-electron chi connectivity index (χ4n) is 5.64. The zero-order valence-electron chi connectivity index (χ0n) is 22.3. The first-order valence-corrected chi connectivity index (χ1v) is 14.6. The van der Waals surface area contributed by atoms with Crippen molar-refractivity contribution in [2.75, 3.05) is 6.61 Å². The van der Waals surface area contributed by atoms with Crippen LogP contribution in [0.15, 0.2) is 60.9 Å². The fourth-order valence-corrected chi connectivity index (χ4v) is 7.16. The molecule has 42 heavy (non-hydrogen) atoms. The van der Waals surface area contributed by atoms with Crippen molar-refractivity contribution in [1.29, 1.82) is 0 Å². The van der Waals surface area contributed by atoms with Crippen LogP contribution in [0.2, 0.25) is 0 Å². The molecule has 3 heterocycles. The molecule has 0 radical (unpaired) electrons. The minimum atomic E-state index is -1.32. The Morgan fingerprint density at radius 2 is 1.45 bits per heavy atom. The molecular weight excluding hydrogens is 570 g/mol. The number of aliphatic hydroxyl groups is 4. The van der Waals surface area contributed by atoms with Gasteiger partial charge < -0.3 is 25.2 Å². The maximum atomic E-state index is 13.7. The number of nitrogens with zero attached hydrogens (tertiary/aromatic N) is 6. The Bertz CT molecular complexity index is 1520. The lowest BCUT2D eigenvalue weighted by Gasteiger charge is -2.44. The lowest BCUT2D eigenvalue weighted by molar-refractivity contribution is -0.178. The lowest BCUT2D eigenvalue weighted by atomic mass is 9.92. The quantitative estimate of drug-likeness (QED) is 0.249. The molecule has 14 heteroatoms. The summed E-state index contributed by atoms with van der Waals surface area (Å²) in [5.74, 6) is -0.826. The highest BCUT2D eigenvalue weighted by Crippen LogP contribution is 2.42. The van der Waals surface area contributed by atoms with Gasteiger partial charge in [-0.05, 0) is 37.1 Å². The van der Waals surface area contributed by atoms with Crippen molar-refractivity contribution in [3.63, 3.8) is 0 Å². The number of ether oxygens (including phenoxy) is 1. The van der Waals surface area contributed by atoms with Gasteiger partial charge in [-0.25, -0.2) is 18.1 Å². The molecule has 6 rings (SSSR count). The van der Waals surface area contributed by atoms with Crippen LogP contribution in [-0.2, 0) is 4.74 Å². The Hall–Kier alpha value is -3.27. The maximum Gasteiger partial charge on any atom is 0.132 e. The van der Waals surface area contributed by atoms with Gasteiger partial charge in [-0.1, -0.05) is 41.1 Å². The molecule has 1 saturated carbocycles. The van der Waals surface area contributed by atoms with Gasteiger partial charge in [0.15, 0.2) is 0 Å². The summed E-state index contributed by atoms with van der Waals surface area (Å²) in [6.07, 6.45) is 0.690. The molecule has 1 aliphatic carbocycles. The van der Waals surface area contributed by atoms with Crippen LogP contribution in [0.3, 0.4) is 0 Å². The number of hydrogen-bond donors (Lipinski definition) is 4. The SMILES string of the molecule is OCC1O[C@@H](S[C@@H]2CCCC(n3cc(-c4cccc(F)c4)nn3)C2O)C(O)[C@@H](n2cc(-c3cccc(F)c3)nn2)[C@H]1O. The van der Waals surface area contributed by atoms with Crippen molar-refractivity contribution in [1.82, 2.24) is 30.0 Å². The Labute approximate surface area is 243 Å². The summed E-state index contributed by atoms with van der Waals surface area (Å²) in [5.41, 5.74) is 0.961. The summed E-state index contributed by atoms with van der Waals surface area (Å²) in [4.78, 5) is 0. The van der Waals surface area contributed by atoms with E-state index in [0.29, 0.717) is 35.4 Å². The van der Waals surface area contributed by atoms with E-state index >= 15 is 0 Å². The molecule has 2 fully saturated rings. The Morgan fingerprint density at radius 3 is 2.07 bits per heavy atom. The first-order valence-electron chi connectivity index (χ1n) is 13.6. The van der Waals surface area contributed by atoms with Crippen molar-refractivity contribution in [2.24, 2.45) is 0 Å². The third-order valence-electron chi connectivity index (χ3n) is 7.83. The predicted octanol–water partition coefficient (Wildman–Crippen LogP) is 2.35. The van der Waals surface area contributed by atoms with Crippen LogP contribution < -0.4 is 0 Å². The molecule has 2 aliphatic rings. The summed E-state index contributed by atoms with van der Waals surface area (Å²) in [6.45, 7) is -0.509. The minimum absolute atomic E-state index is 0.348. The summed E-state index contributed by atoms with van der Waals surface area (Å²) < 4.78 is 36.2. The molecule has 4 N–H and O–H groups in total. The Morgan fingerprint density at radius 1 is 0.833 bits per heavy atom. The highest BCUT2D eigenvalue weighted by molar-refractivity contribution is 8.00. The zero-order valence-corrected chi connectivity index (χ0v) is 23.1. The van der Waals surface area contributed by atoms with Crippen molar-refractivity contribution in [2.45, 2.75) is 66.4 Å². The van der Waals surface area contributed by atoms with Crippen molar-refractivity contribution < 1.29 is 33.9 Å². The highest BCUT2D eigenvalue weighted by Gasteiger charge is 2.48. The minimum Gasteiger partial charge on any atom is -0.394 e. The number of benzene rings is 2. The fraction of sp³-hybridized carbons (Fsp3) is 0.429. The van der Waals surface area contributed by atoms with Gasteiger partial charge in [0.05, 0.1) is 31.1 Å². The predicted molar refractivity (Wildman–Crippen MR) is 148 cm³/mol. The van der Waals surface area contributed by atoms with E-state index < -0.39 is 54.4 Å². The second-order valence-electron chi connectivity index (χ2n) is 10.5. The van der Waals surface area contributed by atoms with Gasteiger partial charge in [0, 0.05) is 16.4 Å².